The van der Waals surface area contributed by atoms with Crippen molar-refractivity contribution >= 4 is 5.97 Å². The van der Waals surface area contributed by atoms with Crippen molar-refractivity contribution in [3.63, 3.8) is 0 Å². The zero-order valence-electron chi connectivity index (χ0n) is 21.7. The lowest BCUT2D eigenvalue weighted by atomic mass is 9.98. The minimum absolute atomic E-state index is 0.166. The van der Waals surface area contributed by atoms with E-state index < -0.39 is 5.97 Å². The summed E-state index contributed by atoms with van der Waals surface area (Å²) in [7, 11) is 0. The van der Waals surface area contributed by atoms with E-state index in [-0.39, 0.29) is 11.7 Å². The van der Waals surface area contributed by atoms with E-state index in [1.165, 1.54) is 34.3 Å². The van der Waals surface area contributed by atoms with Crippen LogP contribution in [0.2, 0.25) is 0 Å². The minimum atomic E-state index is -0.962. The monoisotopic (exact) mass is 454 g/mol. The van der Waals surface area contributed by atoms with Gasteiger partial charge in [-0.25, -0.2) is 4.79 Å². The Morgan fingerprint density at radius 2 is 1.39 bits per heavy atom. The number of carboxylic acid groups (broad SMARTS) is 1. The molecule has 1 saturated heterocycles. The van der Waals surface area contributed by atoms with Crippen LogP contribution in [0.4, 0.5) is 0 Å². The van der Waals surface area contributed by atoms with E-state index in [0.717, 1.165) is 51.4 Å². The lowest BCUT2D eigenvalue weighted by Crippen LogP contribution is -2.26. The number of hydrogen-bond donors (Lipinski definition) is 1. The van der Waals surface area contributed by atoms with E-state index in [1.807, 2.05) is 0 Å². The van der Waals surface area contributed by atoms with Crippen molar-refractivity contribution in [2.75, 3.05) is 6.61 Å². The number of ether oxygens (including phenoxy) is 1. The predicted molar refractivity (Wildman–Crippen MR) is 141 cm³/mol. The fraction of sp³-hybridized carbons (Fsp3) is 0.567. The maximum atomic E-state index is 11.0. The molecular formula is C30H46O3. The van der Waals surface area contributed by atoms with Crippen LogP contribution in [0.15, 0.2) is 70.4 Å². The van der Waals surface area contributed by atoms with E-state index in [1.54, 1.807) is 0 Å². The van der Waals surface area contributed by atoms with Crippen LogP contribution in [0, 0.1) is 0 Å². The Balaban J connectivity index is 2.23. The molecule has 1 fully saturated rings. The fourth-order valence-electron chi connectivity index (χ4n) is 3.86. The average molecular weight is 455 g/mol. The van der Waals surface area contributed by atoms with Gasteiger partial charge in [0.05, 0.1) is 18.3 Å². The van der Waals surface area contributed by atoms with Crippen molar-refractivity contribution in [2.45, 2.75) is 105 Å². The zero-order valence-corrected chi connectivity index (χ0v) is 21.7. The summed E-state index contributed by atoms with van der Waals surface area (Å²) >= 11 is 0. The Bertz CT molecular complexity index is 775. The number of aliphatic carboxylic acids is 1. The molecule has 1 aliphatic rings. The third-order valence-corrected chi connectivity index (χ3v) is 6.11. The molecule has 1 atom stereocenters. The van der Waals surface area contributed by atoms with Crippen LogP contribution in [0.3, 0.4) is 0 Å². The average Bonchev–Trinajstić information content (AvgIpc) is 2.76. The van der Waals surface area contributed by atoms with E-state index in [4.69, 9.17) is 9.84 Å². The summed E-state index contributed by atoms with van der Waals surface area (Å²) in [4.78, 5) is 11.0. The summed E-state index contributed by atoms with van der Waals surface area (Å²) < 4.78 is 5.66. The van der Waals surface area contributed by atoms with E-state index in [2.05, 4.69) is 71.6 Å². The summed E-state index contributed by atoms with van der Waals surface area (Å²) in [6, 6.07) is 0. The molecule has 0 amide bonds. The third kappa shape index (κ3) is 13.9. The Morgan fingerprint density at radius 3 is 1.88 bits per heavy atom. The lowest BCUT2D eigenvalue weighted by Gasteiger charge is -2.24. The molecule has 0 aromatic rings. The largest absolute Gasteiger partial charge is 0.478 e. The molecule has 0 aromatic heterocycles. The Morgan fingerprint density at radius 1 is 0.879 bits per heavy atom. The second-order valence-electron chi connectivity index (χ2n) is 9.66. The summed E-state index contributed by atoms with van der Waals surface area (Å²) in [5, 5.41) is 9.01. The predicted octanol–water partition coefficient (Wildman–Crippen LogP) is 8.66. The quantitative estimate of drug-likeness (QED) is 0.162. The van der Waals surface area contributed by atoms with Gasteiger partial charge in [0.1, 0.15) is 0 Å². The van der Waals surface area contributed by atoms with Gasteiger partial charge in [0.2, 0.25) is 0 Å². The molecule has 3 nitrogen and oxygen atoms in total. The van der Waals surface area contributed by atoms with Crippen LogP contribution in [0.5, 0.6) is 0 Å². The Hall–Kier alpha value is -2.13. The molecule has 0 radical (unpaired) electrons. The second-order valence-corrected chi connectivity index (χ2v) is 9.66. The van der Waals surface area contributed by atoms with Crippen molar-refractivity contribution in [2.24, 2.45) is 0 Å². The lowest BCUT2D eigenvalue weighted by molar-refractivity contribution is -0.134. The molecule has 1 aliphatic heterocycles. The molecule has 1 rings (SSSR count). The molecule has 0 spiro atoms. The van der Waals surface area contributed by atoms with Crippen molar-refractivity contribution in [3.05, 3.63) is 70.4 Å². The highest BCUT2D eigenvalue weighted by atomic mass is 16.5. The Kier molecular flexibility index (Phi) is 14.4. The zero-order chi connectivity index (χ0) is 24.6. The number of rotatable bonds is 14. The van der Waals surface area contributed by atoms with Crippen LogP contribution in [0.25, 0.3) is 0 Å². The number of hydrogen-bond acceptors (Lipinski definition) is 2. The highest BCUT2D eigenvalue weighted by Crippen LogP contribution is 2.23. The highest BCUT2D eigenvalue weighted by Gasteiger charge is 2.23. The minimum Gasteiger partial charge on any atom is -0.478 e. The molecule has 184 valence electrons. The van der Waals surface area contributed by atoms with E-state index in [9.17, 15) is 4.79 Å². The van der Waals surface area contributed by atoms with Gasteiger partial charge in [-0.1, -0.05) is 59.3 Å². The molecule has 0 unspecified atom stereocenters. The van der Waals surface area contributed by atoms with Crippen LogP contribution in [-0.4, -0.2) is 23.8 Å². The van der Waals surface area contributed by atoms with Crippen molar-refractivity contribution in [3.8, 4) is 0 Å². The fourth-order valence-corrected chi connectivity index (χ4v) is 3.86. The maximum absolute atomic E-state index is 11.0. The normalized spacial score (nSPS) is 19.0. The molecule has 1 N–H and O–H groups in total. The van der Waals surface area contributed by atoms with Gasteiger partial charge in [-0.15, -0.1) is 0 Å². The van der Waals surface area contributed by atoms with Crippen LogP contribution >= 0.6 is 0 Å². The van der Waals surface area contributed by atoms with Crippen LogP contribution < -0.4 is 0 Å². The summed E-state index contributed by atoms with van der Waals surface area (Å²) in [5.41, 5.74) is 7.26. The molecule has 0 aromatic carbocycles. The molecule has 0 bridgehead atoms. The van der Waals surface area contributed by atoms with Crippen molar-refractivity contribution < 1.29 is 14.6 Å². The van der Waals surface area contributed by atoms with Crippen molar-refractivity contribution in [1.82, 2.24) is 0 Å². The van der Waals surface area contributed by atoms with Gasteiger partial charge in [0.15, 0.2) is 0 Å². The number of unbranched alkanes of at least 4 members (excludes halogenated alkanes) is 1. The first-order valence-corrected chi connectivity index (χ1v) is 12.5. The van der Waals surface area contributed by atoms with Gasteiger partial charge in [0, 0.05) is 0 Å². The smallest absolute Gasteiger partial charge is 0.333 e. The van der Waals surface area contributed by atoms with Crippen molar-refractivity contribution in [1.29, 1.82) is 0 Å². The SMILES string of the molecule is C=C(C(=O)O)[C@H]1CC/C(=C/CC/C(C)=C/CC/C=C(\C)CC/C=C(\C)CCC=C(C)C)CO1. The van der Waals surface area contributed by atoms with Gasteiger partial charge < -0.3 is 9.84 Å². The topological polar surface area (TPSA) is 46.5 Å². The van der Waals surface area contributed by atoms with Crippen LogP contribution in [0.1, 0.15) is 98.8 Å². The summed E-state index contributed by atoms with van der Waals surface area (Å²) in [6.07, 6.45) is 21.9. The molecule has 1 heterocycles. The number of allylic oxidation sites excluding steroid dienone is 9. The second kappa shape index (κ2) is 16.5. The van der Waals surface area contributed by atoms with Gasteiger partial charge in [-0.3, -0.25) is 0 Å². The maximum Gasteiger partial charge on any atom is 0.333 e. The highest BCUT2D eigenvalue weighted by molar-refractivity contribution is 5.86. The summed E-state index contributed by atoms with van der Waals surface area (Å²) in [6.45, 7) is 15.2. The van der Waals surface area contributed by atoms with Gasteiger partial charge in [0.25, 0.3) is 0 Å². The summed E-state index contributed by atoms with van der Waals surface area (Å²) in [5.74, 6) is -0.962. The molecule has 0 saturated carbocycles. The standard InChI is InChI=1S/C30H46O3/c1-23(2)12-9-15-26(5)17-10-16-24(3)13-7-8-14-25(4)18-11-19-28-20-21-29(33-22-28)27(6)30(31)32/h12-14,17,19,29H,6-11,15-16,18,20-22H2,1-5H3,(H,31,32)/b24-13+,25-14+,26-17+,28-19-/t29-/m1/s1. The van der Waals surface area contributed by atoms with Gasteiger partial charge in [-0.2, -0.15) is 0 Å². The third-order valence-electron chi connectivity index (χ3n) is 6.11. The molecular weight excluding hydrogens is 408 g/mol. The van der Waals surface area contributed by atoms with Crippen LogP contribution in [-0.2, 0) is 9.53 Å². The number of carbonyl (C=O) groups is 1. The Labute approximate surface area is 202 Å². The van der Waals surface area contributed by atoms with E-state index in [0.29, 0.717) is 13.0 Å². The molecule has 3 heteroatoms. The molecule has 0 aliphatic carbocycles. The van der Waals surface area contributed by atoms with Gasteiger partial charge >= 0.3 is 5.97 Å². The molecule has 33 heavy (non-hydrogen) atoms. The first-order valence-electron chi connectivity index (χ1n) is 12.5. The first-order chi connectivity index (χ1) is 15.7. The van der Waals surface area contributed by atoms with Gasteiger partial charge in [-0.05, 0) is 104 Å². The first kappa shape index (κ1) is 28.9. The van der Waals surface area contributed by atoms with E-state index >= 15 is 0 Å². The number of carboxylic acids is 1.